The number of esters is 1. The molecule has 176 valence electrons. The first-order chi connectivity index (χ1) is 15.9. The van der Waals surface area contributed by atoms with Crippen LogP contribution in [0.3, 0.4) is 0 Å². The van der Waals surface area contributed by atoms with Gasteiger partial charge < -0.3 is 24.8 Å². The number of nitrogens with one attached hydrogen (secondary N) is 2. The topological polar surface area (TPSA) is 85.9 Å². The van der Waals surface area contributed by atoms with Crippen LogP contribution in [0.5, 0.6) is 11.5 Å². The molecule has 2 N–H and O–H groups in total. The number of urea groups is 1. The van der Waals surface area contributed by atoms with Gasteiger partial charge in [0.05, 0.1) is 35.4 Å². The Morgan fingerprint density at radius 2 is 1.91 bits per heavy atom. The fraction of sp³-hybridized carbons (Fsp3) is 0.333. The largest absolute Gasteiger partial charge is 0.493 e. The molecule has 7 nitrogen and oxygen atoms in total. The lowest BCUT2D eigenvalue weighted by atomic mass is 9.93. The van der Waals surface area contributed by atoms with E-state index in [1.807, 2.05) is 6.92 Å². The van der Waals surface area contributed by atoms with Crippen molar-refractivity contribution in [1.82, 2.24) is 10.6 Å². The Morgan fingerprint density at radius 1 is 1.12 bits per heavy atom. The molecule has 0 aromatic heterocycles. The highest BCUT2D eigenvalue weighted by Gasteiger charge is 2.35. The minimum absolute atomic E-state index is 0.170. The number of carbonyl (C=O) groups excluding carboxylic acids is 2. The fourth-order valence-electron chi connectivity index (χ4n) is 3.61. The standard InChI is InChI=1S/C24H26Cl2N2O5/c1-4-7-18-20(23(29)32-5-2)21(28-24(30)27-18)15-8-6-9-19(31-3)22(15)33-13-14-10-11-16(25)17(26)12-14/h6,8-12,21H,4-5,7,13H2,1-3H3,(H2,27,28,30). The minimum Gasteiger partial charge on any atom is -0.493 e. The number of halogens is 2. The Balaban J connectivity index is 2.05. The van der Waals surface area contributed by atoms with Crippen molar-refractivity contribution >= 4 is 35.2 Å². The first kappa shape index (κ1) is 24.7. The van der Waals surface area contributed by atoms with Gasteiger partial charge in [-0.15, -0.1) is 0 Å². The van der Waals surface area contributed by atoms with E-state index in [4.69, 9.17) is 37.4 Å². The average molecular weight is 493 g/mol. The Hall–Kier alpha value is -2.90. The molecule has 2 aromatic carbocycles. The van der Waals surface area contributed by atoms with E-state index in [1.165, 1.54) is 7.11 Å². The zero-order chi connectivity index (χ0) is 24.0. The van der Waals surface area contributed by atoms with Crippen LogP contribution < -0.4 is 20.1 Å². The summed E-state index contributed by atoms with van der Waals surface area (Å²) in [6, 6.07) is 9.33. The van der Waals surface area contributed by atoms with Gasteiger partial charge in [-0.2, -0.15) is 0 Å². The molecule has 1 aliphatic rings. The summed E-state index contributed by atoms with van der Waals surface area (Å²) in [4.78, 5) is 25.4. The van der Waals surface area contributed by atoms with Crippen molar-refractivity contribution < 1.29 is 23.8 Å². The lowest BCUT2D eigenvalue weighted by molar-refractivity contribution is -0.139. The summed E-state index contributed by atoms with van der Waals surface area (Å²) in [5.41, 5.74) is 2.23. The summed E-state index contributed by atoms with van der Waals surface area (Å²) in [5.74, 6) is 0.355. The van der Waals surface area contributed by atoms with Crippen LogP contribution >= 0.6 is 23.2 Å². The van der Waals surface area contributed by atoms with Gasteiger partial charge in [-0.25, -0.2) is 9.59 Å². The SMILES string of the molecule is CCCC1=C(C(=O)OCC)C(c2cccc(OC)c2OCc2ccc(Cl)c(Cl)c2)NC(=O)N1. The van der Waals surface area contributed by atoms with Gasteiger partial charge in [0.1, 0.15) is 6.61 Å². The zero-order valence-corrected chi connectivity index (χ0v) is 20.2. The molecule has 0 aliphatic carbocycles. The lowest BCUT2D eigenvalue weighted by Gasteiger charge is -2.30. The monoisotopic (exact) mass is 492 g/mol. The van der Waals surface area contributed by atoms with Gasteiger partial charge in [-0.1, -0.05) is 54.7 Å². The van der Waals surface area contributed by atoms with Crippen LogP contribution in [0.2, 0.25) is 10.0 Å². The Morgan fingerprint density at radius 3 is 2.58 bits per heavy atom. The zero-order valence-electron chi connectivity index (χ0n) is 18.7. The second-order valence-electron chi connectivity index (χ2n) is 7.31. The second kappa shape index (κ2) is 11.3. The molecule has 0 saturated carbocycles. The number of hydrogen-bond donors (Lipinski definition) is 2. The van der Waals surface area contributed by atoms with Crippen LogP contribution in [0.15, 0.2) is 47.7 Å². The van der Waals surface area contributed by atoms with Gasteiger partial charge in [0, 0.05) is 11.3 Å². The maximum Gasteiger partial charge on any atom is 0.338 e. The highest BCUT2D eigenvalue weighted by Crippen LogP contribution is 2.40. The number of amides is 2. The third kappa shape index (κ3) is 5.72. The molecule has 3 rings (SSSR count). The summed E-state index contributed by atoms with van der Waals surface area (Å²) >= 11 is 12.1. The van der Waals surface area contributed by atoms with Crippen molar-refractivity contribution in [2.75, 3.05) is 13.7 Å². The van der Waals surface area contributed by atoms with Crippen LogP contribution in [-0.2, 0) is 16.1 Å². The molecule has 9 heteroatoms. The van der Waals surface area contributed by atoms with Gasteiger partial charge in [-0.3, -0.25) is 0 Å². The van der Waals surface area contributed by atoms with Crippen LogP contribution in [0.4, 0.5) is 4.79 Å². The number of allylic oxidation sites excluding steroid dienone is 1. The Kier molecular flexibility index (Phi) is 8.47. The van der Waals surface area contributed by atoms with E-state index in [1.54, 1.807) is 43.3 Å². The molecule has 1 atom stereocenters. The van der Waals surface area contributed by atoms with E-state index >= 15 is 0 Å². The van der Waals surface area contributed by atoms with E-state index in [2.05, 4.69) is 10.6 Å². The van der Waals surface area contributed by atoms with E-state index in [-0.39, 0.29) is 13.2 Å². The highest BCUT2D eigenvalue weighted by atomic mass is 35.5. The summed E-state index contributed by atoms with van der Waals surface area (Å²) in [6.07, 6.45) is 1.26. The van der Waals surface area contributed by atoms with E-state index in [0.717, 1.165) is 12.0 Å². The maximum atomic E-state index is 12.9. The van der Waals surface area contributed by atoms with Crippen molar-refractivity contribution in [3.05, 3.63) is 68.8 Å². The summed E-state index contributed by atoms with van der Waals surface area (Å²) < 4.78 is 17.0. The first-order valence-electron chi connectivity index (χ1n) is 10.6. The number of hydrogen-bond acceptors (Lipinski definition) is 5. The number of benzene rings is 2. The molecule has 2 amide bonds. The molecular weight excluding hydrogens is 467 g/mol. The maximum absolute atomic E-state index is 12.9. The van der Waals surface area contributed by atoms with Crippen LogP contribution in [0, 0.1) is 0 Å². The van der Waals surface area contributed by atoms with Crippen molar-refractivity contribution in [2.24, 2.45) is 0 Å². The molecule has 1 aliphatic heterocycles. The van der Waals surface area contributed by atoms with Gasteiger partial charge >= 0.3 is 12.0 Å². The fourth-order valence-corrected chi connectivity index (χ4v) is 3.93. The molecule has 0 radical (unpaired) electrons. The molecule has 0 spiro atoms. The highest BCUT2D eigenvalue weighted by molar-refractivity contribution is 6.42. The third-order valence-corrected chi connectivity index (χ3v) is 5.80. The molecule has 0 bridgehead atoms. The smallest absolute Gasteiger partial charge is 0.338 e. The Labute approximate surface area is 203 Å². The summed E-state index contributed by atoms with van der Waals surface area (Å²) in [7, 11) is 1.52. The molecule has 1 unspecified atom stereocenters. The number of ether oxygens (including phenoxy) is 3. The second-order valence-corrected chi connectivity index (χ2v) is 8.12. The number of carbonyl (C=O) groups is 2. The first-order valence-corrected chi connectivity index (χ1v) is 11.4. The third-order valence-electron chi connectivity index (χ3n) is 5.06. The van der Waals surface area contributed by atoms with Crippen LogP contribution in [0.25, 0.3) is 0 Å². The number of rotatable bonds is 9. The Bertz CT molecular complexity index is 1070. The lowest BCUT2D eigenvalue weighted by Crippen LogP contribution is -2.46. The minimum atomic E-state index is -0.779. The number of para-hydroxylation sites is 1. The van der Waals surface area contributed by atoms with Gasteiger partial charge in [-0.05, 0) is 37.1 Å². The van der Waals surface area contributed by atoms with Gasteiger partial charge in [0.25, 0.3) is 0 Å². The quantitative estimate of drug-likeness (QED) is 0.448. The molecule has 0 saturated heterocycles. The molecular formula is C24H26Cl2N2O5. The van der Waals surface area contributed by atoms with Crippen molar-refractivity contribution in [2.45, 2.75) is 39.3 Å². The molecule has 33 heavy (non-hydrogen) atoms. The predicted molar refractivity (Wildman–Crippen MR) is 127 cm³/mol. The van der Waals surface area contributed by atoms with E-state index in [0.29, 0.717) is 44.8 Å². The van der Waals surface area contributed by atoms with Gasteiger partial charge in [0.2, 0.25) is 0 Å². The van der Waals surface area contributed by atoms with Crippen molar-refractivity contribution in [3.63, 3.8) is 0 Å². The summed E-state index contributed by atoms with van der Waals surface area (Å²) in [5, 5.41) is 6.45. The normalized spacial score (nSPS) is 15.5. The van der Waals surface area contributed by atoms with Crippen LogP contribution in [-0.4, -0.2) is 25.7 Å². The van der Waals surface area contributed by atoms with E-state index in [9.17, 15) is 9.59 Å². The van der Waals surface area contributed by atoms with Crippen LogP contribution in [0.1, 0.15) is 43.9 Å². The number of methoxy groups -OCH3 is 1. The van der Waals surface area contributed by atoms with Gasteiger partial charge in [0.15, 0.2) is 11.5 Å². The summed E-state index contributed by atoms with van der Waals surface area (Å²) in [6.45, 7) is 4.08. The molecule has 2 aromatic rings. The molecule has 1 heterocycles. The predicted octanol–water partition coefficient (Wildman–Crippen LogP) is 5.55. The van der Waals surface area contributed by atoms with Crippen molar-refractivity contribution in [1.29, 1.82) is 0 Å². The molecule has 0 fully saturated rings. The van der Waals surface area contributed by atoms with E-state index < -0.39 is 18.0 Å². The van der Waals surface area contributed by atoms with Crippen molar-refractivity contribution in [3.8, 4) is 11.5 Å². The average Bonchev–Trinajstić information content (AvgIpc) is 2.79.